The summed E-state index contributed by atoms with van der Waals surface area (Å²) in [6.07, 6.45) is -0.777. The van der Waals surface area contributed by atoms with Gasteiger partial charge < -0.3 is 4.74 Å². The Hall–Kier alpha value is -2.07. The topological polar surface area (TPSA) is 72.5 Å². The van der Waals surface area contributed by atoms with Crippen LogP contribution in [-0.4, -0.2) is 20.9 Å². The fourth-order valence-corrected chi connectivity index (χ4v) is 3.69. The number of hydrogen-bond donors (Lipinski definition) is 1. The van der Waals surface area contributed by atoms with Gasteiger partial charge in [-0.2, -0.15) is 0 Å². The van der Waals surface area contributed by atoms with E-state index in [1.165, 1.54) is 18.2 Å². The van der Waals surface area contributed by atoms with Crippen LogP contribution in [0.4, 0.5) is 13.2 Å². The average molecular weight is 452 g/mol. The number of nitrogens with one attached hydrogen (secondary N) is 1. The molecule has 0 aliphatic carbocycles. The molecule has 0 aromatic heterocycles. The van der Waals surface area contributed by atoms with Gasteiger partial charge in [0.05, 0.1) is 22.4 Å². The highest BCUT2D eigenvalue weighted by molar-refractivity contribution is 9.10. The second kappa shape index (κ2) is 8.09. The number of carbonyl (C=O) groups is 1. The van der Waals surface area contributed by atoms with Crippen molar-refractivity contribution in [3.8, 4) is 5.75 Å². The van der Waals surface area contributed by atoms with Crippen molar-refractivity contribution < 1.29 is 31.1 Å². The normalized spacial score (nSPS) is 11.3. The number of ether oxygens (including phenoxy) is 1. The van der Waals surface area contributed by atoms with Gasteiger partial charge in [-0.15, -0.1) is 0 Å². The lowest BCUT2D eigenvalue weighted by atomic mass is 10.1. The highest BCUT2D eigenvalue weighted by Gasteiger charge is 2.21. The monoisotopic (exact) mass is 451 g/mol. The van der Waals surface area contributed by atoms with Crippen molar-refractivity contribution in [2.24, 2.45) is 0 Å². The molecule has 0 saturated heterocycles. The predicted molar refractivity (Wildman–Crippen MR) is 90.7 cm³/mol. The van der Waals surface area contributed by atoms with Gasteiger partial charge in [0, 0.05) is 11.6 Å². The minimum Gasteiger partial charge on any atom is -0.493 e. The summed E-state index contributed by atoms with van der Waals surface area (Å²) < 4.78 is 71.4. The molecule has 5 nitrogen and oxygen atoms in total. The third-order valence-electron chi connectivity index (χ3n) is 3.20. The zero-order valence-electron chi connectivity index (χ0n) is 13.4. The van der Waals surface area contributed by atoms with Crippen molar-refractivity contribution in [1.29, 1.82) is 0 Å². The van der Waals surface area contributed by atoms with Gasteiger partial charge in [0.1, 0.15) is 11.6 Å². The van der Waals surface area contributed by atoms with E-state index < -0.39 is 45.4 Å². The zero-order chi connectivity index (χ0) is 19.5. The molecule has 26 heavy (non-hydrogen) atoms. The molecule has 0 bridgehead atoms. The molecule has 1 amide bonds. The van der Waals surface area contributed by atoms with E-state index >= 15 is 0 Å². The predicted octanol–water partition coefficient (Wildman–Crippen LogP) is 3.31. The second-order valence-electron chi connectivity index (χ2n) is 5.09. The first-order chi connectivity index (χ1) is 12.1. The second-order valence-corrected chi connectivity index (χ2v) is 7.63. The van der Waals surface area contributed by atoms with Gasteiger partial charge in [-0.05, 0) is 47.1 Å². The Kier molecular flexibility index (Phi) is 6.30. The fourth-order valence-electron chi connectivity index (χ4n) is 2.04. The van der Waals surface area contributed by atoms with Crippen LogP contribution in [0.2, 0.25) is 0 Å². The molecule has 0 atom stereocenters. The lowest BCUT2D eigenvalue weighted by molar-refractivity contribution is -0.118. The quantitative estimate of drug-likeness (QED) is 0.683. The molecular weight excluding hydrogens is 439 g/mol. The summed E-state index contributed by atoms with van der Waals surface area (Å²) in [7, 11) is -4.24. The molecular formula is C16H13BrF3NO4S. The number of carbonyl (C=O) groups excluding carboxylic acids is 1. The summed E-state index contributed by atoms with van der Waals surface area (Å²) >= 11 is 3.16. The van der Waals surface area contributed by atoms with E-state index in [4.69, 9.17) is 4.74 Å². The average Bonchev–Trinajstić information content (AvgIpc) is 2.54. The van der Waals surface area contributed by atoms with E-state index in [1.807, 2.05) is 0 Å². The number of rotatable bonds is 6. The summed E-state index contributed by atoms with van der Waals surface area (Å²) in [6.45, 7) is 2.13. The van der Waals surface area contributed by atoms with Crippen molar-refractivity contribution in [3.05, 3.63) is 57.8 Å². The van der Waals surface area contributed by atoms with Crippen LogP contribution in [0.5, 0.6) is 5.75 Å². The van der Waals surface area contributed by atoms with Gasteiger partial charge in [-0.25, -0.2) is 26.3 Å². The molecule has 0 heterocycles. The van der Waals surface area contributed by atoms with Crippen molar-refractivity contribution in [1.82, 2.24) is 4.72 Å². The van der Waals surface area contributed by atoms with E-state index in [2.05, 4.69) is 15.9 Å². The van der Waals surface area contributed by atoms with Crippen LogP contribution in [0.3, 0.4) is 0 Å². The van der Waals surface area contributed by atoms with Crippen molar-refractivity contribution in [2.75, 3.05) is 6.61 Å². The molecule has 0 spiro atoms. The molecule has 0 unspecified atom stereocenters. The van der Waals surface area contributed by atoms with Crippen LogP contribution < -0.4 is 9.46 Å². The molecule has 2 aromatic rings. The molecule has 0 aliphatic heterocycles. The lowest BCUT2D eigenvalue weighted by Crippen LogP contribution is -2.32. The van der Waals surface area contributed by atoms with Crippen molar-refractivity contribution in [3.63, 3.8) is 0 Å². The summed E-state index contributed by atoms with van der Waals surface area (Å²) in [5, 5.41) is 0. The van der Waals surface area contributed by atoms with E-state index in [0.29, 0.717) is 22.9 Å². The van der Waals surface area contributed by atoms with Crippen molar-refractivity contribution in [2.45, 2.75) is 18.2 Å². The number of hydrogen-bond acceptors (Lipinski definition) is 4. The highest BCUT2D eigenvalue weighted by Crippen LogP contribution is 2.27. The summed E-state index contributed by atoms with van der Waals surface area (Å²) in [6, 6.07) is 4.66. The maximum Gasteiger partial charge on any atom is 0.264 e. The van der Waals surface area contributed by atoms with E-state index in [9.17, 15) is 26.4 Å². The Bertz CT molecular complexity index is 951. The Balaban J connectivity index is 2.17. The summed E-state index contributed by atoms with van der Waals surface area (Å²) in [5.41, 5.74) is -0.468. The molecule has 0 radical (unpaired) electrons. The maximum absolute atomic E-state index is 13.6. The first-order valence-corrected chi connectivity index (χ1v) is 9.53. The first kappa shape index (κ1) is 20.2. The summed E-state index contributed by atoms with van der Waals surface area (Å²) in [5.74, 6) is -4.58. The molecule has 140 valence electrons. The summed E-state index contributed by atoms with van der Waals surface area (Å²) in [4.78, 5) is 11.7. The van der Waals surface area contributed by atoms with E-state index in [-0.39, 0.29) is 11.0 Å². The van der Waals surface area contributed by atoms with Gasteiger partial charge in [0.15, 0.2) is 11.6 Å². The standard InChI is InChI=1S/C16H13BrF3NO4S/c1-2-25-15-4-3-10(7-11(15)17)26(23,24)21-16(22)6-9-5-13(19)14(20)8-12(9)18/h3-5,7-8H,2,6H2,1H3,(H,21,22). The van der Waals surface area contributed by atoms with Gasteiger partial charge in [0.2, 0.25) is 5.91 Å². The van der Waals surface area contributed by atoms with Crippen LogP contribution >= 0.6 is 15.9 Å². The number of amides is 1. The Morgan fingerprint density at radius 3 is 2.38 bits per heavy atom. The largest absolute Gasteiger partial charge is 0.493 e. The Morgan fingerprint density at radius 1 is 1.12 bits per heavy atom. The zero-order valence-corrected chi connectivity index (χ0v) is 15.8. The molecule has 10 heteroatoms. The molecule has 0 saturated carbocycles. The van der Waals surface area contributed by atoms with Crippen LogP contribution in [0.25, 0.3) is 0 Å². The molecule has 0 aliphatic rings. The van der Waals surface area contributed by atoms with Gasteiger partial charge >= 0.3 is 0 Å². The van der Waals surface area contributed by atoms with E-state index in [1.54, 1.807) is 11.6 Å². The molecule has 2 rings (SSSR count). The minimum absolute atomic E-state index is 0.230. The number of sulfonamides is 1. The third kappa shape index (κ3) is 4.76. The van der Waals surface area contributed by atoms with E-state index in [0.717, 1.165) is 0 Å². The number of halogens is 4. The van der Waals surface area contributed by atoms with Crippen LogP contribution in [0.15, 0.2) is 39.7 Å². The maximum atomic E-state index is 13.6. The Morgan fingerprint density at radius 2 is 1.77 bits per heavy atom. The fraction of sp³-hybridized carbons (Fsp3) is 0.188. The van der Waals surface area contributed by atoms with Crippen LogP contribution in [-0.2, 0) is 21.2 Å². The highest BCUT2D eigenvalue weighted by atomic mass is 79.9. The third-order valence-corrected chi connectivity index (χ3v) is 5.19. The van der Waals surface area contributed by atoms with Gasteiger partial charge in [-0.3, -0.25) is 4.79 Å². The molecule has 2 aromatic carbocycles. The number of benzene rings is 2. The molecule has 0 fully saturated rings. The smallest absolute Gasteiger partial charge is 0.264 e. The lowest BCUT2D eigenvalue weighted by Gasteiger charge is -2.10. The Labute approximate surface area is 156 Å². The van der Waals surface area contributed by atoms with Crippen molar-refractivity contribution >= 4 is 31.9 Å². The van der Waals surface area contributed by atoms with Gasteiger partial charge in [0.25, 0.3) is 10.0 Å². The first-order valence-electron chi connectivity index (χ1n) is 7.25. The SMILES string of the molecule is CCOc1ccc(S(=O)(=O)NC(=O)Cc2cc(F)c(F)cc2F)cc1Br. The van der Waals surface area contributed by atoms with Crippen LogP contribution in [0, 0.1) is 17.5 Å². The minimum atomic E-state index is -4.24. The van der Waals surface area contributed by atoms with Crippen LogP contribution in [0.1, 0.15) is 12.5 Å². The van der Waals surface area contributed by atoms with Gasteiger partial charge in [-0.1, -0.05) is 0 Å². The molecule has 1 N–H and O–H groups in total.